The lowest BCUT2D eigenvalue weighted by molar-refractivity contribution is -0.385. The number of benzene rings is 1. The molecule has 1 rings (SSSR count). The van der Waals surface area contributed by atoms with Gasteiger partial charge in [0, 0.05) is 17.7 Å². The molecular formula is C12H17ClN2O2. The fourth-order valence-electron chi connectivity index (χ4n) is 1.88. The summed E-state index contributed by atoms with van der Waals surface area (Å²) < 4.78 is 0. The third-order valence-electron chi connectivity index (χ3n) is 3.03. The lowest BCUT2D eigenvalue weighted by Gasteiger charge is -2.19. The molecule has 0 saturated carbocycles. The summed E-state index contributed by atoms with van der Waals surface area (Å²) in [6, 6.07) is 4.75. The number of nitro benzene ring substituents is 1. The Morgan fingerprint density at radius 3 is 2.65 bits per heavy atom. The zero-order valence-electron chi connectivity index (χ0n) is 10.0. The zero-order chi connectivity index (χ0) is 13.0. The highest BCUT2D eigenvalue weighted by Crippen LogP contribution is 2.30. The molecule has 0 aliphatic carbocycles. The number of nitrogens with zero attached hydrogens (tertiary/aromatic N) is 1. The molecule has 17 heavy (non-hydrogen) atoms. The van der Waals surface area contributed by atoms with Crippen LogP contribution in [-0.2, 0) is 6.42 Å². The van der Waals surface area contributed by atoms with Crippen LogP contribution in [0.15, 0.2) is 18.2 Å². The van der Waals surface area contributed by atoms with Crippen molar-refractivity contribution in [2.24, 2.45) is 11.7 Å². The Labute approximate surface area is 106 Å². The Bertz CT molecular complexity index is 407. The molecular weight excluding hydrogens is 240 g/mol. The van der Waals surface area contributed by atoms with E-state index < -0.39 is 4.92 Å². The number of nitrogens with two attached hydrogens (primary N) is 1. The summed E-state index contributed by atoms with van der Waals surface area (Å²) in [6.07, 6.45) is 1.42. The second kappa shape index (κ2) is 5.98. The van der Waals surface area contributed by atoms with Crippen molar-refractivity contribution >= 4 is 17.3 Å². The first-order chi connectivity index (χ1) is 7.97. The van der Waals surface area contributed by atoms with Crippen molar-refractivity contribution in [1.82, 2.24) is 0 Å². The summed E-state index contributed by atoms with van der Waals surface area (Å²) in [5.41, 5.74) is 6.52. The van der Waals surface area contributed by atoms with Crippen LogP contribution in [0, 0.1) is 16.0 Å². The van der Waals surface area contributed by atoms with Gasteiger partial charge in [0.15, 0.2) is 0 Å². The molecule has 2 unspecified atom stereocenters. The topological polar surface area (TPSA) is 69.2 Å². The molecule has 0 spiro atoms. The second-order valence-electron chi connectivity index (χ2n) is 4.23. The van der Waals surface area contributed by atoms with Crippen molar-refractivity contribution in [1.29, 1.82) is 0 Å². The summed E-state index contributed by atoms with van der Waals surface area (Å²) in [5.74, 6) is 0.202. The Morgan fingerprint density at radius 2 is 2.18 bits per heavy atom. The maximum Gasteiger partial charge on any atom is 0.274 e. The van der Waals surface area contributed by atoms with Crippen LogP contribution in [0.2, 0.25) is 5.02 Å². The first-order valence-electron chi connectivity index (χ1n) is 5.64. The average molecular weight is 257 g/mol. The van der Waals surface area contributed by atoms with Crippen molar-refractivity contribution in [3.8, 4) is 0 Å². The monoisotopic (exact) mass is 256 g/mol. The van der Waals surface area contributed by atoms with E-state index in [1.54, 1.807) is 12.1 Å². The molecule has 0 fully saturated rings. The largest absolute Gasteiger partial charge is 0.328 e. The number of rotatable bonds is 5. The number of hydrogen-bond acceptors (Lipinski definition) is 3. The minimum Gasteiger partial charge on any atom is -0.328 e. The molecule has 1 aromatic carbocycles. The van der Waals surface area contributed by atoms with Crippen LogP contribution in [0.1, 0.15) is 25.8 Å². The predicted molar refractivity (Wildman–Crippen MR) is 69.2 cm³/mol. The van der Waals surface area contributed by atoms with Gasteiger partial charge in [-0.2, -0.15) is 0 Å². The van der Waals surface area contributed by atoms with Crippen molar-refractivity contribution in [2.75, 3.05) is 0 Å². The average Bonchev–Trinajstić information content (AvgIpc) is 2.26. The quantitative estimate of drug-likeness (QED) is 0.650. The van der Waals surface area contributed by atoms with Crippen LogP contribution in [0.5, 0.6) is 0 Å². The highest BCUT2D eigenvalue weighted by Gasteiger charge is 2.21. The minimum absolute atomic E-state index is 0.00382. The van der Waals surface area contributed by atoms with E-state index in [-0.39, 0.29) is 17.6 Å². The summed E-state index contributed by atoms with van der Waals surface area (Å²) in [5, 5.41) is 11.4. The fourth-order valence-corrected chi connectivity index (χ4v) is 2.13. The summed E-state index contributed by atoms with van der Waals surface area (Å²) in [4.78, 5) is 10.5. The van der Waals surface area contributed by atoms with Gasteiger partial charge in [-0.25, -0.2) is 0 Å². The van der Waals surface area contributed by atoms with E-state index in [0.717, 1.165) is 6.42 Å². The van der Waals surface area contributed by atoms with Gasteiger partial charge in [0.25, 0.3) is 5.69 Å². The van der Waals surface area contributed by atoms with Crippen molar-refractivity contribution in [3.63, 3.8) is 0 Å². The predicted octanol–water partition coefficient (Wildman–Crippen LogP) is 3.16. The lowest BCUT2D eigenvalue weighted by atomic mass is 9.90. The molecule has 0 bridgehead atoms. The van der Waals surface area contributed by atoms with Crippen LogP contribution in [0.25, 0.3) is 0 Å². The highest BCUT2D eigenvalue weighted by atomic mass is 35.5. The standard InChI is InChI=1S/C12H17ClN2O2/c1-3-9(8(2)14)7-10-11(13)5-4-6-12(10)15(16)17/h4-6,8-9H,3,7,14H2,1-2H3. The molecule has 0 heterocycles. The maximum absolute atomic E-state index is 10.9. The van der Waals surface area contributed by atoms with E-state index in [0.29, 0.717) is 17.0 Å². The lowest BCUT2D eigenvalue weighted by Crippen LogP contribution is -2.28. The van der Waals surface area contributed by atoms with Gasteiger partial charge in [-0.3, -0.25) is 10.1 Å². The third kappa shape index (κ3) is 3.41. The van der Waals surface area contributed by atoms with Gasteiger partial charge in [-0.1, -0.05) is 31.0 Å². The molecule has 94 valence electrons. The van der Waals surface area contributed by atoms with Gasteiger partial charge in [0.2, 0.25) is 0 Å². The van der Waals surface area contributed by atoms with E-state index in [2.05, 4.69) is 0 Å². The van der Waals surface area contributed by atoms with Gasteiger partial charge < -0.3 is 5.73 Å². The molecule has 0 radical (unpaired) electrons. The molecule has 5 heteroatoms. The van der Waals surface area contributed by atoms with Crippen LogP contribution in [0.3, 0.4) is 0 Å². The smallest absolute Gasteiger partial charge is 0.274 e. The van der Waals surface area contributed by atoms with Gasteiger partial charge in [0.1, 0.15) is 0 Å². The summed E-state index contributed by atoms with van der Waals surface area (Å²) in [7, 11) is 0. The SMILES string of the molecule is CCC(Cc1c(Cl)cccc1[N+](=O)[O-])C(C)N. The second-order valence-corrected chi connectivity index (χ2v) is 4.63. The summed E-state index contributed by atoms with van der Waals surface area (Å²) >= 11 is 6.03. The molecule has 2 N–H and O–H groups in total. The van der Waals surface area contributed by atoms with Crippen molar-refractivity contribution < 1.29 is 4.92 Å². The number of hydrogen-bond donors (Lipinski definition) is 1. The van der Waals surface area contributed by atoms with Gasteiger partial charge >= 0.3 is 0 Å². The Morgan fingerprint density at radius 1 is 1.53 bits per heavy atom. The Hall–Kier alpha value is -1.13. The zero-order valence-corrected chi connectivity index (χ0v) is 10.8. The molecule has 2 atom stereocenters. The molecule has 0 aliphatic rings. The van der Waals surface area contributed by atoms with Crippen LogP contribution < -0.4 is 5.73 Å². The fraction of sp³-hybridized carbons (Fsp3) is 0.500. The Kier molecular flexibility index (Phi) is 4.90. The van der Waals surface area contributed by atoms with E-state index >= 15 is 0 Å². The van der Waals surface area contributed by atoms with E-state index in [1.807, 2.05) is 13.8 Å². The third-order valence-corrected chi connectivity index (χ3v) is 3.38. The van der Waals surface area contributed by atoms with E-state index in [9.17, 15) is 10.1 Å². The van der Waals surface area contributed by atoms with Crippen LogP contribution >= 0.6 is 11.6 Å². The minimum atomic E-state index is -0.394. The Balaban J connectivity index is 3.07. The van der Waals surface area contributed by atoms with Crippen molar-refractivity contribution in [3.05, 3.63) is 38.9 Å². The van der Waals surface area contributed by atoms with E-state index in [1.165, 1.54) is 6.07 Å². The highest BCUT2D eigenvalue weighted by molar-refractivity contribution is 6.31. The molecule has 0 aliphatic heterocycles. The maximum atomic E-state index is 10.9. The van der Waals surface area contributed by atoms with Gasteiger partial charge in [-0.15, -0.1) is 0 Å². The van der Waals surface area contributed by atoms with Crippen LogP contribution in [-0.4, -0.2) is 11.0 Å². The van der Waals surface area contributed by atoms with Gasteiger partial charge in [-0.05, 0) is 25.3 Å². The number of nitro groups is 1. The molecule has 4 nitrogen and oxygen atoms in total. The summed E-state index contributed by atoms with van der Waals surface area (Å²) in [6.45, 7) is 3.94. The number of halogens is 1. The van der Waals surface area contributed by atoms with E-state index in [4.69, 9.17) is 17.3 Å². The first kappa shape index (κ1) is 13.9. The normalized spacial score (nSPS) is 14.4. The molecule has 0 aromatic heterocycles. The van der Waals surface area contributed by atoms with Crippen LogP contribution in [0.4, 0.5) is 5.69 Å². The molecule has 1 aromatic rings. The van der Waals surface area contributed by atoms with Gasteiger partial charge in [0.05, 0.1) is 9.95 Å². The molecule has 0 amide bonds. The first-order valence-corrected chi connectivity index (χ1v) is 6.02. The molecule has 0 saturated heterocycles. The van der Waals surface area contributed by atoms with Crippen molar-refractivity contribution in [2.45, 2.75) is 32.7 Å².